The number of nitrogens with zero attached hydrogens (tertiary/aromatic N) is 5. The average Bonchev–Trinajstić information content (AvgIpc) is 3.80. The normalized spacial score (nSPS) is 13.0. The van der Waals surface area contributed by atoms with Crippen LogP contribution in [0.2, 0.25) is 0 Å². The lowest BCUT2D eigenvalue weighted by atomic mass is 9.70. The molecule has 11 aromatic rings. The third kappa shape index (κ3) is 5.04. The Labute approximate surface area is 351 Å². The number of benzene rings is 8. The van der Waals surface area contributed by atoms with Gasteiger partial charge < -0.3 is 0 Å². The first kappa shape index (κ1) is 33.8. The number of aromatic nitrogens is 5. The lowest BCUT2D eigenvalue weighted by molar-refractivity contribution is 0.794. The zero-order valence-corrected chi connectivity index (χ0v) is 32.8. The van der Waals surface area contributed by atoms with Crippen LogP contribution < -0.4 is 0 Å². The second-order valence-electron chi connectivity index (χ2n) is 16.0. The Balaban J connectivity index is 1.01. The lowest BCUT2D eigenvalue weighted by Crippen LogP contribution is -2.25. The molecule has 0 aliphatic heterocycles. The Morgan fingerprint density at radius 3 is 1.57 bits per heavy atom. The van der Waals surface area contributed by atoms with Crippen LogP contribution in [0.3, 0.4) is 0 Å². The molecule has 13 rings (SSSR count). The fraction of sp³-hybridized carbons (Fsp3) is 0.0179. The van der Waals surface area contributed by atoms with Crippen LogP contribution in [0.1, 0.15) is 22.3 Å². The SMILES string of the molecule is c1ccc2c(c1)-c1ccccc1C21c2ccccc2-c2ccc(-c3nc(-c4ccc5ccccc5c4)nc(-c4ccc5ccc(-c6ccc7ncccc7c6)cc5n4)n3)cc21. The van der Waals surface area contributed by atoms with E-state index in [1.54, 1.807) is 0 Å². The minimum absolute atomic E-state index is 0.481. The summed E-state index contributed by atoms with van der Waals surface area (Å²) in [5.41, 5.74) is 16.2. The maximum Gasteiger partial charge on any atom is 0.182 e. The van der Waals surface area contributed by atoms with Crippen molar-refractivity contribution in [1.29, 1.82) is 0 Å². The van der Waals surface area contributed by atoms with Gasteiger partial charge in [-0.1, -0.05) is 152 Å². The van der Waals surface area contributed by atoms with Crippen LogP contribution in [-0.4, -0.2) is 24.9 Å². The molecule has 0 fully saturated rings. The van der Waals surface area contributed by atoms with Crippen molar-refractivity contribution in [3.63, 3.8) is 0 Å². The summed E-state index contributed by atoms with van der Waals surface area (Å²) in [5.74, 6) is 1.72. The van der Waals surface area contributed by atoms with E-state index in [2.05, 4.69) is 187 Å². The van der Waals surface area contributed by atoms with Gasteiger partial charge in [0.05, 0.1) is 16.4 Å². The highest BCUT2D eigenvalue weighted by atomic mass is 15.0. The van der Waals surface area contributed by atoms with Gasteiger partial charge in [-0.05, 0) is 109 Å². The number of hydrogen-bond donors (Lipinski definition) is 0. The van der Waals surface area contributed by atoms with Gasteiger partial charge in [-0.3, -0.25) is 4.98 Å². The summed E-state index contributed by atoms with van der Waals surface area (Å²) >= 11 is 0. The molecule has 3 heterocycles. The van der Waals surface area contributed by atoms with Crippen LogP contribution in [0.15, 0.2) is 200 Å². The Hall–Kier alpha value is -8.15. The van der Waals surface area contributed by atoms with Crippen LogP contribution in [0.25, 0.3) is 100 Å². The Morgan fingerprint density at radius 2 is 0.820 bits per heavy atom. The monoisotopic (exact) mass is 775 g/mol. The molecule has 5 heteroatoms. The highest BCUT2D eigenvalue weighted by Crippen LogP contribution is 2.63. The van der Waals surface area contributed by atoms with E-state index >= 15 is 0 Å². The summed E-state index contributed by atoms with van der Waals surface area (Å²) < 4.78 is 0. The predicted octanol–water partition coefficient (Wildman–Crippen LogP) is 13.1. The zero-order chi connectivity index (χ0) is 40.1. The fourth-order valence-corrected chi connectivity index (χ4v) is 9.99. The maximum absolute atomic E-state index is 5.27. The van der Waals surface area contributed by atoms with E-state index in [0.29, 0.717) is 23.2 Å². The third-order valence-electron chi connectivity index (χ3n) is 12.8. The van der Waals surface area contributed by atoms with E-state index in [9.17, 15) is 0 Å². The molecule has 2 aliphatic rings. The molecule has 0 saturated heterocycles. The van der Waals surface area contributed by atoms with Crippen LogP contribution in [-0.2, 0) is 5.41 Å². The van der Waals surface area contributed by atoms with Gasteiger partial charge in [0.25, 0.3) is 0 Å². The van der Waals surface area contributed by atoms with Gasteiger partial charge in [0.1, 0.15) is 5.69 Å². The average molecular weight is 776 g/mol. The van der Waals surface area contributed by atoms with Gasteiger partial charge in [-0.25, -0.2) is 19.9 Å². The highest BCUT2D eigenvalue weighted by Gasteiger charge is 2.51. The van der Waals surface area contributed by atoms with E-state index in [0.717, 1.165) is 54.8 Å². The van der Waals surface area contributed by atoms with Crippen molar-refractivity contribution in [2.24, 2.45) is 0 Å². The molecule has 0 saturated carbocycles. The number of fused-ring (bicyclic) bond motifs is 13. The van der Waals surface area contributed by atoms with Crippen LogP contribution in [0.4, 0.5) is 0 Å². The number of pyridine rings is 2. The molecule has 1 spiro atoms. The number of hydrogen-bond acceptors (Lipinski definition) is 5. The molecule has 0 radical (unpaired) electrons. The molecule has 0 atom stereocenters. The standard InChI is InChI=1S/C56H33N5/c1-2-11-36-31-40(22-19-34(36)10-1)53-59-54(61-55(60-53)51-28-24-35-20-21-38(33-52(35)58-51)37-25-27-50-39(30-37)12-9-29-57-50)41-23-26-45-44-15-5-8-18-48(44)56(49(45)32-41)46-16-6-3-13-42(46)43-14-4-7-17-47(43)56/h1-33H. The lowest BCUT2D eigenvalue weighted by Gasteiger charge is -2.30. The quantitative estimate of drug-likeness (QED) is 0.178. The molecule has 0 N–H and O–H groups in total. The molecule has 0 amide bonds. The van der Waals surface area contributed by atoms with Crippen molar-refractivity contribution in [3.8, 4) is 67.7 Å². The zero-order valence-electron chi connectivity index (χ0n) is 32.8. The molecular weight excluding hydrogens is 743 g/mol. The van der Waals surface area contributed by atoms with E-state index < -0.39 is 5.41 Å². The van der Waals surface area contributed by atoms with Crippen molar-refractivity contribution in [1.82, 2.24) is 24.9 Å². The summed E-state index contributed by atoms with van der Waals surface area (Å²) in [6.07, 6.45) is 1.83. The second kappa shape index (κ2) is 12.9. The summed E-state index contributed by atoms with van der Waals surface area (Å²) in [4.78, 5) is 25.5. The fourth-order valence-electron chi connectivity index (χ4n) is 9.99. The van der Waals surface area contributed by atoms with Gasteiger partial charge >= 0.3 is 0 Å². The van der Waals surface area contributed by atoms with Crippen LogP contribution in [0, 0.1) is 0 Å². The second-order valence-corrected chi connectivity index (χ2v) is 16.0. The molecule has 2 aliphatic carbocycles. The predicted molar refractivity (Wildman–Crippen MR) is 246 cm³/mol. The van der Waals surface area contributed by atoms with Gasteiger partial charge in [0.15, 0.2) is 17.5 Å². The van der Waals surface area contributed by atoms with Gasteiger partial charge in [0.2, 0.25) is 0 Å². The van der Waals surface area contributed by atoms with Crippen LogP contribution in [0.5, 0.6) is 0 Å². The first-order valence-corrected chi connectivity index (χ1v) is 20.6. The maximum atomic E-state index is 5.27. The Kier molecular flexibility index (Phi) is 7.16. The summed E-state index contributed by atoms with van der Waals surface area (Å²) in [6.45, 7) is 0. The van der Waals surface area contributed by atoms with Crippen molar-refractivity contribution >= 4 is 32.6 Å². The molecule has 0 bridgehead atoms. The summed E-state index contributed by atoms with van der Waals surface area (Å²) in [6, 6.07) is 69.2. The summed E-state index contributed by atoms with van der Waals surface area (Å²) in [5, 5.41) is 4.43. The smallest absolute Gasteiger partial charge is 0.182 e. The van der Waals surface area contributed by atoms with E-state index in [-0.39, 0.29) is 0 Å². The minimum Gasteiger partial charge on any atom is -0.256 e. The van der Waals surface area contributed by atoms with E-state index in [4.69, 9.17) is 19.9 Å². The molecule has 8 aromatic carbocycles. The van der Waals surface area contributed by atoms with Gasteiger partial charge in [-0.2, -0.15) is 0 Å². The first-order chi connectivity index (χ1) is 30.2. The van der Waals surface area contributed by atoms with E-state index in [1.165, 1.54) is 44.5 Å². The molecule has 0 unspecified atom stereocenters. The first-order valence-electron chi connectivity index (χ1n) is 20.6. The largest absolute Gasteiger partial charge is 0.256 e. The Bertz CT molecular complexity index is 3560. The molecule has 61 heavy (non-hydrogen) atoms. The molecule has 5 nitrogen and oxygen atoms in total. The topological polar surface area (TPSA) is 64.5 Å². The van der Waals surface area contributed by atoms with Gasteiger partial charge in [0, 0.05) is 28.1 Å². The van der Waals surface area contributed by atoms with Crippen LogP contribution >= 0.6 is 0 Å². The van der Waals surface area contributed by atoms with Crippen molar-refractivity contribution in [2.45, 2.75) is 5.41 Å². The van der Waals surface area contributed by atoms with Crippen molar-refractivity contribution in [2.75, 3.05) is 0 Å². The van der Waals surface area contributed by atoms with Gasteiger partial charge in [-0.15, -0.1) is 0 Å². The van der Waals surface area contributed by atoms with Crippen molar-refractivity contribution in [3.05, 3.63) is 223 Å². The van der Waals surface area contributed by atoms with Crippen molar-refractivity contribution < 1.29 is 0 Å². The third-order valence-corrected chi connectivity index (χ3v) is 12.8. The highest BCUT2D eigenvalue weighted by molar-refractivity contribution is 5.96. The Morgan fingerprint density at radius 1 is 0.295 bits per heavy atom. The molecular formula is C56H33N5. The molecule has 3 aromatic heterocycles. The minimum atomic E-state index is -0.481. The van der Waals surface area contributed by atoms with E-state index in [1.807, 2.05) is 18.3 Å². The number of rotatable bonds is 4. The summed E-state index contributed by atoms with van der Waals surface area (Å²) in [7, 11) is 0. The molecule has 282 valence electrons.